The topological polar surface area (TPSA) is 43.4 Å². The Labute approximate surface area is 84.6 Å². The molecule has 0 rings (SSSR count). The summed E-state index contributed by atoms with van der Waals surface area (Å²) in [4.78, 5) is 0. The van der Waals surface area contributed by atoms with E-state index in [9.17, 15) is 21.6 Å². The van der Waals surface area contributed by atoms with Gasteiger partial charge in [-0.15, -0.1) is 0 Å². The second kappa shape index (κ2) is 5.18. The minimum absolute atomic E-state index is 0.286. The smallest absolute Gasteiger partial charge is 0.372 e. The Morgan fingerprint density at radius 3 is 2.29 bits per heavy atom. The second-order valence-electron chi connectivity index (χ2n) is 2.94. The van der Waals surface area contributed by atoms with E-state index in [1.54, 1.807) is 0 Å². The lowest BCUT2D eigenvalue weighted by molar-refractivity contribution is -0.175. The normalized spacial score (nSPS) is 15.5. The number of hydrogen-bond acceptors (Lipinski definition) is 3. The quantitative estimate of drug-likeness (QED) is 0.703. The van der Waals surface area contributed by atoms with Crippen LogP contribution in [0.5, 0.6) is 0 Å². The van der Waals surface area contributed by atoms with Crippen LogP contribution in [0.15, 0.2) is 0 Å². The van der Waals surface area contributed by atoms with Crippen molar-refractivity contribution in [2.45, 2.75) is 13.1 Å². The maximum Gasteiger partial charge on any atom is 0.411 e. The maximum atomic E-state index is 11.6. The molecule has 0 aromatic carbocycles. The Morgan fingerprint density at radius 1 is 1.43 bits per heavy atom. The summed E-state index contributed by atoms with van der Waals surface area (Å²) in [6.45, 7) is -0.221. The Hall–Kier alpha value is -0.0100. The predicted octanol–water partition coefficient (Wildman–Crippen LogP) is 1.77. The summed E-state index contributed by atoms with van der Waals surface area (Å²) < 4.78 is 60.0. The molecule has 0 heterocycles. The number of hydrogen-bond donors (Lipinski definition) is 0. The third-order valence-corrected chi connectivity index (χ3v) is 2.50. The largest absolute Gasteiger partial charge is 0.411 e. The van der Waals surface area contributed by atoms with E-state index in [1.165, 1.54) is 6.92 Å². The molecule has 0 saturated heterocycles. The van der Waals surface area contributed by atoms with Crippen molar-refractivity contribution in [2.24, 2.45) is 5.92 Å². The van der Waals surface area contributed by atoms with Crippen LogP contribution in [0, 0.1) is 5.92 Å². The Morgan fingerprint density at radius 2 is 1.93 bits per heavy atom. The third-order valence-electron chi connectivity index (χ3n) is 1.15. The van der Waals surface area contributed by atoms with E-state index in [-0.39, 0.29) is 6.61 Å². The van der Waals surface area contributed by atoms with E-state index in [4.69, 9.17) is 10.7 Å². The lowest BCUT2D eigenvalue weighted by atomic mass is 10.2. The molecular weight excluding hydrogens is 245 g/mol. The molecule has 0 aliphatic carbocycles. The number of ether oxygens (including phenoxy) is 1. The number of halogens is 4. The van der Waals surface area contributed by atoms with Gasteiger partial charge in [0.2, 0.25) is 9.05 Å². The first-order chi connectivity index (χ1) is 6.10. The molecule has 0 bridgehead atoms. The van der Waals surface area contributed by atoms with Crippen molar-refractivity contribution >= 4 is 19.7 Å². The van der Waals surface area contributed by atoms with Crippen molar-refractivity contribution in [2.75, 3.05) is 19.0 Å². The van der Waals surface area contributed by atoms with Crippen LogP contribution in [-0.2, 0) is 13.8 Å². The van der Waals surface area contributed by atoms with Gasteiger partial charge in [0.05, 0.1) is 12.4 Å². The van der Waals surface area contributed by atoms with Crippen LogP contribution in [0.25, 0.3) is 0 Å². The SMILES string of the molecule is CC(COCC(F)(F)F)CS(=O)(=O)Cl. The van der Waals surface area contributed by atoms with Crippen LogP contribution >= 0.6 is 10.7 Å². The third kappa shape index (κ3) is 10.1. The Bertz CT molecular complexity index is 262. The summed E-state index contributed by atoms with van der Waals surface area (Å²) in [6, 6.07) is 0. The first kappa shape index (κ1) is 14.0. The Balaban J connectivity index is 3.71. The van der Waals surface area contributed by atoms with Crippen molar-refractivity contribution in [1.82, 2.24) is 0 Å². The molecule has 0 aliphatic rings. The highest BCUT2D eigenvalue weighted by molar-refractivity contribution is 8.13. The zero-order chi connectivity index (χ0) is 11.4. The zero-order valence-corrected chi connectivity index (χ0v) is 8.92. The van der Waals surface area contributed by atoms with Gasteiger partial charge in [0.15, 0.2) is 0 Å². The van der Waals surface area contributed by atoms with Crippen LogP contribution in [0.3, 0.4) is 0 Å². The zero-order valence-electron chi connectivity index (χ0n) is 7.34. The van der Waals surface area contributed by atoms with Gasteiger partial charge in [-0.25, -0.2) is 8.42 Å². The van der Waals surface area contributed by atoms with E-state index < -0.39 is 33.5 Å². The lowest BCUT2D eigenvalue weighted by Crippen LogP contribution is -2.21. The van der Waals surface area contributed by atoms with E-state index in [1.807, 2.05) is 0 Å². The second-order valence-corrected chi connectivity index (χ2v) is 5.76. The van der Waals surface area contributed by atoms with Gasteiger partial charge in [-0.05, 0) is 5.92 Å². The molecule has 86 valence electrons. The summed E-state index contributed by atoms with van der Waals surface area (Å²) >= 11 is 0. The fourth-order valence-electron chi connectivity index (χ4n) is 0.764. The summed E-state index contributed by atoms with van der Waals surface area (Å²) in [7, 11) is 1.21. The van der Waals surface area contributed by atoms with Crippen LogP contribution in [0.2, 0.25) is 0 Å². The van der Waals surface area contributed by atoms with Gasteiger partial charge in [0.1, 0.15) is 6.61 Å². The van der Waals surface area contributed by atoms with Crippen LogP contribution in [-0.4, -0.2) is 33.6 Å². The molecule has 0 saturated carbocycles. The van der Waals surface area contributed by atoms with Crippen LogP contribution in [0.4, 0.5) is 13.2 Å². The van der Waals surface area contributed by atoms with Crippen molar-refractivity contribution in [3.05, 3.63) is 0 Å². The molecule has 0 spiro atoms. The molecule has 0 aromatic rings. The molecule has 0 N–H and O–H groups in total. The monoisotopic (exact) mass is 254 g/mol. The van der Waals surface area contributed by atoms with Crippen molar-refractivity contribution < 1.29 is 26.3 Å². The molecule has 8 heteroatoms. The molecule has 1 atom stereocenters. The van der Waals surface area contributed by atoms with Gasteiger partial charge >= 0.3 is 6.18 Å². The molecule has 0 fully saturated rings. The van der Waals surface area contributed by atoms with Gasteiger partial charge < -0.3 is 4.74 Å². The van der Waals surface area contributed by atoms with E-state index in [0.717, 1.165) is 0 Å². The maximum absolute atomic E-state index is 11.6. The molecule has 0 radical (unpaired) electrons. The van der Waals surface area contributed by atoms with Crippen LogP contribution in [0.1, 0.15) is 6.92 Å². The summed E-state index contributed by atoms with van der Waals surface area (Å²) in [5.41, 5.74) is 0. The predicted molar refractivity (Wildman–Crippen MR) is 45.7 cm³/mol. The minimum Gasteiger partial charge on any atom is -0.372 e. The summed E-state index contributed by atoms with van der Waals surface area (Å²) in [6.07, 6.45) is -4.39. The van der Waals surface area contributed by atoms with Crippen molar-refractivity contribution in [1.29, 1.82) is 0 Å². The van der Waals surface area contributed by atoms with Crippen molar-refractivity contribution in [3.8, 4) is 0 Å². The fourth-order valence-corrected chi connectivity index (χ4v) is 2.18. The lowest BCUT2D eigenvalue weighted by Gasteiger charge is -2.11. The number of rotatable bonds is 5. The van der Waals surface area contributed by atoms with E-state index >= 15 is 0 Å². The average Bonchev–Trinajstić information content (AvgIpc) is 1.78. The standard InChI is InChI=1S/C6H10ClF3O3S/c1-5(3-14(7,11)12)2-13-4-6(8,9)10/h5H,2-4H2,1H3. The van der Waals surface area contributed by atoms with Gasteiger partial charge in [-0.3, -0.25) is 0 Å². The highest BCUT2D eigenvalue weighted by Crippen LogP contribution is 2.15. The molecular formula is C6H10ClF3O3S. The minimum atomic E-state index is -4.39. The molecule has 0 aliphatic heterocycles. The Kier molecular flexibility index (Phi) is 5.17. The van der Waals surface area contributed by atoms with Gasteiger partial charge in [-0.1, -0.05) is 6.92 Å². The van der Waals surface area contributed by atoms with Crippen molar-refractivity contribution in [3.63, 3.8) is 0 Å². The van der Waals surface area contributed by atoms with E-state index in [2.05, 4.69) is 4.74 Å². The van der Waals surface area contributed by atoms with Gasteiger partial charge in [0.25, 0.3) is 0 Å². The first-order valence-corrected chi connectivity index (χ1v) is 6.15. The highest BCUT2D eigenvalue weighted by atomic mass is 35.7. The molecule has 14 heavy (non-hydrogen) atoms. The van der Waals surface area contributed by atoms with Gasteiger partial charge in [-0.2, -0.15) is 13.2 Å². The first-order valence-electron chi connectivity index (χ1n) is 3.67. The average molecular weight is 255 g/mol. The fraction of sp³-hybridized carbons (Fsp3) is 1.00. The summed E-state index contributed by atoms with van der Waals surface area (Å²) in [5, 5.41) is 0. The number of alkyl halides is 3. The summed E-state index contributed by atoms with van der Waals surface area (Å²) in [5.74, 6) is -0.952. The van der Waals surface area contributed by atoms with Crippen LogP contribution < -0.4 is 0 Å². The van der Waals surface area contributed by atoms with Gasteiger partial charge in [0, 0.05) is 10.7 Å². The molecule has 1 unspecified atom stereocenters. The van der Waals surface area contributed by atoms with E-state index in [0.29, 0.717) is 0 Å². The highest BCUT2D eigenvalue weighted by Gasteiger charge is 2.27. The molecule has 0 aromatic heterocycles. The molecule has 0 amide bonds. The molecule has 3 nitrogen and oxygen atoms in total.